The minimum absolute atomic E-state index is 0.0592. The number of morpholine rings is 1. The topological polar surface area (TPSA) is 117 Å². The molecule has 1 aliphatic rings. The Morgan fingerprint density at radius 1 is 1.05 bits per heavy atom. The monoisotopic (exact) mass is 551 g/mol. The quantitative estimate of drug-likeness (QED) is 0.199. The summed E-state index contributed by atoms with van der Waals surface area (Å²) in [7, 11) is 0. The smallest absolute Gasteiger partial charge is 0.238 e. The van der Waals surface area contributed by atoms with Crippen LogP contribution in [0.25, 0.3) is 33.2 Å². The van der Waals surface area contributed by atoms with Crippen LogP contribution in [0.3, 0.4) is 0 Å². The fraction of sp³-hybridized carbons (Fsp3) is 0.290. The summed E-state index contributed by atoms with van der Waals surface area (Å²) in [5.41, 5.74) is 4.12. The average molecular weight is 552 g/mol. The molecular weight excluding hydrogens is 518 g/mol. The summed E-state index contributed by atoms with van der Waals surface area (Å²) in [5.74, 6) is 1.93. The van der Waals surface area contributed by atoms with Gasteiger partial charge in [-0.05, 0) is 55.0 Å². The number of nitrogens with zero attached hydrogens (tertiary/aromatic N) is 4. The Hall–Kier alpha value is -4.54. The summed E-state index contributed by atoms with van der Waals surface area (Å²) in [6, 6.07) is 19.5. The zero-order valence-corrected chi connectivity index (χ0v) is 23.0. The van der Waals surface area contributed by atoms with E-state index >= 15 is 0 Å². The Balaban J connectivity index is 1.31. The third-order valence-corrected chi connectivity index (χ3v) is 7.01. The second-order valence-electron chi connectivity index (χ2n) is 10.1. The lowest BCUT2D eigenvalue weighted by atomic mass is 10.1. The van der Waals surface area contributed by atoms with Crippen LogP contribution in [0.1, 0.15) is 19.8 Å². The molecule has 3 N–H and O–H groups in total. The Morgan fingerprint density at radius 3 is 2.83 bits per heavy atom. The van der Waals surface area contributed by atoms with Crippen molar-refractivity contribution in [1.82, 2.24) is 25.1 Å². The number of hydrogen-bond acceptors (Lipinski definition) is 8. The van der Waals surface area contributed by atoms with E-state index in [2.05, 4.69) is 32.7 Å². The van der Waals surface area contributed by atoms with Crippen molar-refractivity contribution in [3.05, 3.63) is 66.9 Å². The number of fused-ring (bicyclic) bond motifs is 2. The van der Waals surface area contributed by atoms with Crippen molar-refractivity contribution >= 4 is 44.9 Å². The lowest BCUT2D eigenvalue weighted by Gasteiger charge is -2.25. The molecule has 1 amide bonds. The molecule has 210 valence electrons. The molecule has 3 heterocycles. The first-order valence-electron chi connectivity index (χ1n) is 14.0. The number of unbranched alkanes of at least 4 members (excludes halogenated alkanes) is 1. The van der Waals surface area contributed by atoms with Gasteiger partial charge in [-0.25, -0.2) is 9.97 Å². The SMILES string of the molecule is CCCCOc1ccc2nc(-c3cccc(NC(=O)CN4CCOCC4)c3)nc(Nc3ccc4[nH]ncc4c3)c2c1. The molecular formula is C31H33N7O3. The van der Waals surface area contributed by atoms with Gasteiger partial charge in [0.05, 0.1) is 43.6 Å². The summed E-state index contributed by atoms with van der Waals surface area (Å²) in [4.78, 5) is 24.6. The molecule has 0 saturated carbocycles. The molecule has 0 aliphatic carbocycles. The van der Waals surface area contributed by atoms with Crippen molar-refractivity contribution in [3.8, 4) is 17.1 Å². The van der Waals surface area contributed by atoms with Crippen LogP contribution in [0.4, 0.5) is 17.2 Å². The molecule has 0 bridgehead atoms. The first-order valence-corrected chi connectivity index (χ1v) is 14.0. The van der Waals surface area contributed by atoms with E-state index in [-0.39, 0.29) is 5.91 Å². The minimum Gasteiger partial charge on any atom is -0.494 e. The van der Waals surface area contributed by atoms with Gasteiger partial charge in [-0.1, -0.05) is 25.5 Å². The van der Waals surface area contributed by atoms with Gasteiger partial charge in [0.15, 0.2) is 5.82 Å². The Labute approximate surface area is 238 Å². The fourth-order valence-corrected chi connectivity index (χ4v) is 4.81. The molecule has 10 heteroatoms. The molecule has 0 spiro atoms. The van der Waals surface area contributed by atoms with E-state index in [0.717, 1.165) is 64.7 Å². The molecule has 41 heavy (non-hydrogen) atoms. The second kappa shape index (κ2) is 12.3. The van der Waals surface area contributed by atoms with E-state index in [1.54, 1.807) is 6.20 Å². The molecule has 2 aromatic heterocycles. The van der Waals surface area contributed by atoms with Gasteiger partial charge >= 0.3 is 0 Å². The Kier molecular flexibility index (Phi) is 8.01. The highest BCUT2D eigenvalue weighted by Gasteiger charge is 2.16. The van der Waals surface area contributed by atoms with E-state index in [4.69, 9.17) is 19.4 Å². The number of benzene rings is 3. The summed E-state index contributed by atoms with van der Waals surface area (Å²) in [6.07, 6.45) is 3.85. The zero-order chi connectivity index (χ0) is 28.0. The first kappa shape index (κ1) is 26.7. The molecule has 1 saturated heterocycles. The van der Waals surface area contributed by atoms with Crippen molar-refractivity contribution < 1.29 is 14.3 Å². The standard InChI is InChI=1S/C31H33N7O3/c1-2-3-13-41-25-8-10-28-26(18-25)31(34-24-7-9-27-22(17-24)19-32-37-27)36-30(35-28)21-5-4-6-23(16-21)33-29(39)20-38-11-14-40-15-12-38/h4-10,16-19H,2-3,11-15,20H2,1H3,(H,32,37)(H,33,39)(H,34,35,36). The van der Waals surface area contributed by atoms with Crippen molar-refractivity contribution in [1.29, 1.82) is 0 Å². The number of amides is 1. The summed E-state index contributed by atoms with van der Waals surface area (Å²) >= 11 is 0. The minimum atomic E-state index is -0.0592. The molecule has 0 unspecified atom stereocenters. The summed E-state index contributed by atoms with van der Waals surface area (Å²) in [6.45, 7) is 5.95. The molecule has 0 atom stereocenters. The molecule has 3 aromatic carbocycles. The number of aromatic nitrogens is 4. The van der Waals surface area contributed by atoms with Crippen LogP contribution in [0, 0.1) is 0 Å². The van der Waals surface area contributed by atoms with Crippen LogP contribution in [0.5, 0.6) is 5.75 Å². The van der Waals surface area contributed by atoms with Crippen LogP contribution in [0.2, 0.25) is 0 Å². The van der Waals surface area contributed by atoms with Gasteiger partial charge in [0, 0.05) is 40.8 Å². The highest BCUT2D eigenvalue weighted by molar-refractivity contribution is 5.95. The Morgan fingerprint density at radius 2 is 1.95 bits per heavy atom. The number of H-pyrrole nitrogens is 1. The fourth-order valence-electron chi connectivity index (χ4n) is 4.81. The highest BCUT2D eigenvalue weighted by Crippen LogP contribution is 2.31. The van der Waals surface area contributed by atoms with E-state index in [1.165, 1.54) is 0 Å². The number of anilines is 3. The predicted octanol–water partition coefficient (Wildman–Crippen LogP) is 5.37. The maximum absolute atomic E-state index is 12.7. The van der Waals surface area contributed by atoms with Crippen molar-refractivity contribution in [2.24, 2.45) is 0 Å². The lowest BCUT2D eigenvalue weighted by Crippen LogP contribution is -2.41. The van der Waals surface area contributed by atoms with Crippen molar-refractivity contribution in [3.63, 3.8) is 0 Å². The predicted molar refractivity (Wildman–Crippen MR) is 161 cm³/mol. The van der Waals surface area contributed by atoms with Gasteiger partial charge in [-0.3, -0.25) is 14.8 Å². The highest BCUT2D eigenvalue weighted by atomic mass is 16.5. The third kappa shape index (κ3) is 6.45. The summed E-state index contributed by atoms with van der Waals surface area (Å²) in [5, 5.41) is 15.5. The van der Waals surface area contributed by atoms with Crippen LogP contribution in [-0.2, 0) is 9.53 Å². The van der Waals surface area contributed by atoms with Gasteiger partial charge in [0.2, 0.25) is 5.91 Å². The number of aromatic amines is 1. The Bertz CT molecular complexity index is 1660. The van der Waals surface area contributed by atoms with Crippen molar-refractivity contribution in [2.45, 2.75) is 19.8 Å². The molecule has 6 rings (SSSR count). The van der Waals surface area contributed by atoms with Gasteiger partial charge in [-0.15, -0.1) is 0 Å². The van der Waals surface area contributed by atoms with Crippen LogP contribution < -0.4 is 15.4 Å². The van der Waals surface area contributed by atoms with E-state index in [1.807, 2.05) is 60.7 Å². The zero-order valence-electron chi connectivity index (χ0n) is 23.0. The first-order chi connectivity index (χ1) is 20.1. The van der Waals surface area contributed by atoms with Gasteiger partial charge < -0.3 is 20.1 Å². The summed E-state index contributed by atoms with van der Waals surface area (Å²) < 4.78 is 11.4. The van der Waals surface area contributed by atoms with Crippen LogP contribution in [-0.4, -0.2) is 70.4 Å². The second-order valence-corrected chi connectivity index (χ2v) is 10.1. The number of nitrogens with one attached hydrogen (secondary N) is 3. The largest absolute Gasteiger partial charge is 0.494 e. The molecule has 10 nitrogen and oxygen atoms in total. The lowest BCUT2D eigenvalue weighted by molar-refractivity contribution is -0.118. The van der Waals surface area contributed by atoms with Crippen LogP contribution in [0.15, 0.2) is 66.9 Å². The number of ether oxygens (including phenoxy) is 2. The van der Waals surface area contributed by atoms with Gasteiger partial charge in [0.25, 0.3) is 0 Å². The maximum Gasteiger partial charge on any atom is 0.238 e. The van der Waals surface area contributed by atoms with Gasteiger partial charge in [-0.2, -0.15) is 5.10 Å². The van der Waals surface area contributed by atoms with E-state index in [0.29, 0.717) is 43.7 Å². The van der Waals surface area contributed by atoms with Gasteiger partial charge in [0.1, 0.15) is 11.6 Å². The average Bonchev–Trinajstić information content (AvgIpc) is 3.46. The van der Waals surface area contributed by atoms with Crippen molar-refractivity contribution in [2.75, 3.05) is 50.1 Å². The number of rotatable bonds is 10. The normalized spacial score (nSPS) is 13.9. The third-order valence-electron chi connectivity index (χ3n) is 7.01. The molecule has 1 aliphatic heterocycles. The number of hydrogen-bond donors (Lipinski definition) is 3. The molecule has 1 fully saturated rings. The van der Waals surface area contributed by atoms with Crippen LogP contribution >= 0.6 is 0 Å². The number of carbonyl (C=O) groups is 1. The van der Waals surface area contributed by atoms with E-state index < -0.39 is 0 Å². The van der Waals surface area contributed by atoms with E-state index in [9.17, 15) is 4.79 Å². The number of carbonyl (C=O) groups excluding carboxylic acids is 1. The molecule has 0 radical (unpaired) electrons. The molecule has 5 aromatic rings. The maximum atomic E-state index is 12.7.